The largest absolute Gasteiger partial charge is 0.456 e. The van der Waals surface area contributed by atoms with Crippen LogP contribution in [0.25, 0.3) is 120 Å². The Morgan fingerprint density at radius 1 is 0.344 bits per heavy atom. The number of fused-ring (bicyclic) bond motifs is 17. The van der Waals surface area contributed by atoms with E-state index < -0.39 is 0 Å². The van der Waals surface area contributed by atoms with Crippen LogP contribution >= 0.6 is 0 Å². The van der Waals surface area contributed by atoms with Gasteiger partial charge in [0.15, 0.2) is 0 Å². The van der Waals surface area contributed by atoms with Crippen LogP contribution < -0.4 is 0 Å². The zero-order chi connectivity index (χ0) is 43.3. The molecule has 1 nitrogen and oxygen atoms in total. The van der Waals surface area contributed by atoms with Crippen molar-refractivity contribution >= 4 is 86.6 Å². The smallest absolute Gasteiger partial charge is 0.136 e. The lowest BCUT2D eigenvalue weighted by Gasteiger charge is -2.53. The quantitative estimate of drug-likeness (QED) is 0.125. The lowest BCUT2D eigenvalue weighted by atomic mass is 9.49. The Morgan fingerprint density at radius 2 is 0.797 bits per heavy atom. The molecule has 0 saturated heterocycles. The number of rotatable bonds is 2. The molecule has 0 spiro atoms. The first-order valence-electron chi connectivity index (χ1n) is 22.8. The molecule has 0 radical (unpaired) electrons. The normalized spacial score (nSPS) is 13.9. The Labute approximate surface area is 373 Å². The molecule has 12 aromatic rings. The zero-order valence-electron chi connectivity index (χ0n) is 37.2. The molecule has 1 heterocycles. The van der Waals surface area contributed by atoms with Crippen molar-refractivity contribution in [3.63, 3.8) is 0 Å². The van der Waals surface area contributed by atoms with Gasteiger partial charge in [-0.3, -0.25) is 0 Å². The summed E-state index contributed by atoms with van der Waals surface area (Å²) in [4.78, 5) is 0. The average molecular weight is 821 g/mol. The van der Waals surface area contributed by atoms with Crippen molar-refractivity contribution in [2.45, 2.75) is 47.0 Å². The summed E-state index contributed by atoms with van der Waals surface area (Å²) < 4.78 is 6.52. The van der Waals surface area contributed by atoms with E-state index in [9.17, 15) is 0 Å². The van der Waals surface area contributed by atoms with Crippen molar-refractivity contribution in [1.29, 1.82) is 0 Å². The SMILES string of the molecule is CC(C)(C)C1(C(C)(C)C)c2cc(-c3c4ccccc4c(-c4ccc5oc6ccc7ccccc7c6c5c4)c4ccccc34)c3ccccc3c2-c2c1c1ccccc1c1ccccc21. The summed E-state index contributed by atoms with van der Waals surface area (Å²) in [6, 6.07) is 68.3. The molecular formula is C63H48O. The van der Waals surface area contributed by atoms with E-state index in [4.69, 9.17) is 4.42 Å². The van der Waals surface area contributed by atoms with Crippen molar-refractivity contribution in [3.05, 3.63) is 193 Å². The van der Waals surface area contributed by atoms with Crippen molar-refractivity contribution < 1.29 is 4.42 Å². The van der Waals surface area contributed by atoms with Crippen LogP contribution in [0.5, 0.6) is 0 Å². The van der Waals surface area contributed by atoms with Gasteiger partial charge < -0.3 is 4.42 Å². The number of hydrogen-bond acceptors (Lipinski definition) is 1. The van der Waals surface area contributed by atoms with Crippen LogP contribution in [0, 0.1) is 10.8 Å². The Bertz CT molecular complexity index is 3900. The fourth-order valence-electron chi connectivity index (χ4n) is 13.2. The van der Waals surface area contributed by atoms with Gasteiger partial charge in [0, 0.05) is 16.2 Å². The highest BCUT2D eigenvalue weighted by Gasteiger charge is 2.59. The van der Waals surface area contributed by atoms with Crippen molar-refractivity contribution in [2.24, 2.45) is 10.8 Å². The predicted molar refractivity (Wildman–Crippen MR) is 275 cm³/mol. The number of hydrogen-bond donors (Lipinski definition) is 0. The molecule has 0 bridgehead atoms. The van der Waals surface area contributed by atoms with Gasteiger partial charge in [-0.05, 0) is 144 Å². The first-order chi connectivity index (χ1) is 31.1. The van der Waals surface area contributed by atoms with E-state index in [1.54, 1.807) is 0 Å². The zero-order valence-corrected chi connectivity index (χ0v) is 37.2. The standard InChI is InChI=1S/C63H48O/c1-61(2,3)63(62(4,5)6)52-36-50(42-23-10-12-24-43(42)58(52)59-44-25-13-9-21-40(44)41-22-11-18-30-49(41)60(59)63)56-47-28-16-14-26-45(47)55(46-27-15-17-29-48(46)56)38-32-33-53-51(35-38)57-39-20-8-7-19-37(39)31-34-54(57)64-53/h7-36H,1-6H3. The van der Waals surface area contributed by atoms with Crippen LogP contribution in [0.2, 0.25) is 0 Å². The van der Waals surface area contributed by atoms with Gasteiger partial charge in [0.25, 0.3) is 0 Å². The van der Waals surface area contributed by atoms with Gasteiger partial charge in [0.05, 0.1) is 0 Å². The van der Waals surface area contributed by atoms with Gasteiger partial charge in [0.2, 0.25) is 0 Å². The second-order valence-electron chi connectivity index (χ2n) is 20.3. The van der Waals surface area contributed by atoms with Crippen LogP contribution in [-0.4, -0.2) is 0 Å². The maximum absolute atomic E-state index is 6.52. The van der Waals surface area contributed by atoms with Gasteiger partial charge in [-0.15, -0.1) is 0 Å². The minimum Gasteiger partial charge on any atom is -0.456 e. The predicted octanol–water partition coefficient (Wildman–Crippen LogP) is 18.2. The minimum absolute atomic E-state index is 0.161. The first kappa shape index (κ1) is 37.3. The second kappa shape index (κ2) is 12.9. The molecule has 1 aliphatic carbocycles. The summed E-state index contributed by atoms with van der Waals surface area (Å²) in [7, 11) is 0. The van der Waals surface area contributed by atoms with E-state index in [0.717, 1.165) is 16.6 Å². The molecule has 0 N–H and O–H groups in total. The van der Waals surface area contributed by atoms with Crippen LogP contribution in [0.15, 0.2) is 186 Å². The van der Waals surface area contributed by atoms with E-state index in [1.165, 1.54) is 115 Å². The molecule has 64 heavy (non-hydrogen) atoms. The summed E-state index contributed by atoms with van der Waals surface area (Å²) in [5.41, 5.74) is 11.9. The Hall–Kier alpha value is -7.22. The number of furan rings is 1. The molecule has 1 aliphatic rings. The molecule has 1 heteroatoms. The average Bonchev–Trinajstić information content (AvgIpc) is 3.86. The van der Waals surface area contributed by atoms with E-state index in [0.29, 0.717) is 0 Å². The van der Waals surface area contributed by atoms with Gasteiger partial charge in [0.1, 0.15) is 11.2 Å². The highest BCUT2D eigenvalue weighted by atomic mass is 16.3. The van der Waals surface area contributed by atoms with Crippen LogP contribution in [0.4, 0.5) is 0 Å². The molecule has 0 fully saturated rings. The lowest BCUT2D eigenvalue weighted by Crippen LogP contribution is -2.50. The molecule has 306 valence electrons. The lowest BCUT2D eigenvalue weighted by molar-refractivity contribution is 0.0965. The van der Waals surface area contributed by atoms with Crippen LogP contribution in [0.1, 0.15) is 52.7 Å². The Balaban J connectivity index is 1.18. The van der Waals surface area contributed by atoms with Gasteiger partial charge in [-0.1, -0.05) is 199 Å². The van der Waals surface area contributed by atoms with Gasteiger partial charge in [-0.25, -0.2) is 0 Å². The van der Waals surface area contributed by atoms with Crippen LogP contribution in [0.3, 0.4) is 0 Å². The Morgan fingerprint density at radius 3 is 1.39 bits per heavy atom. The fraction of sp³-hybridized carbons (Fsp3) is 0.143. The summed E-state index contributed by atoms with van der Waals surface area (Å²) in [5, 5.41) is 17.7. The van der Waals surface area contributed by atoms with Crippen LogP contribution in [-0.2, 0) is 5.41 Å². The monoisotopic (exact) mass is 820 g/mol. The second-order valence-corrected chi connectivity index (χ2v) is 20.3. The van der Waals surface area contributed by atoms with E-state index in [2.05, 4.69) is 224 Å². The molecule has 0 saturated carbocycles. The summed E-state index contributed by atoms with van der Waals surface area (Å²) >= 11 is 0. The molecule has 0 aliphatic heterocycles. The van der Waals surface area contributed by atoms with Crippen molar-refractivity contribution in [3.8, 4) is 33.4 Å². The third-order valence-corrected chi connectivity index (χ3v) is 15.1. The number of benzene rings is 11. The van der Waals surface area contributed by atoms with E-state index in [-0.39, 0.29) is 16.2 Å². The summed E-state index contributed by atoms with van der Waals surface area (Å²) in [6.45, 7) is 14.9. The Kier molecular flexibility index (Phi) is 7.54. The third kappa shape index (κ3) is 4.74. The van der Waals surface area contributed by atoms with Crippen molar-refractivity contribution in [2.75, 3.05) is 0 Å². The minimum atomic E-state index is -0.356. The van der Waals surface area contributed by atoms with Gasteiger partial charge in [-0.2, -0.15) is 0 Å². The molecule has 13 rings (SSSR count). The maximum atomic E-state index is 6.52. The molecule has 0 atom stereocenters. The van der Waals surface area contributed by atoms with E-state index in [1.807, 2.05) is 0 Å². The molecule has 11 aromatic carbocycles. The molecular weight excluding hydrogens is 773 g/mol. The topological polar surface area (TPSA) is 13.1 Å². The highest BCUT2D eigenvalue weighted by Crippen LogP contribution is 2.69. The van der Waals surface area contributed by atoms with Gasteiger partial charge >= 0.3 is 0 Å². The maximum Gasteiger partial charge on any atom is 0.136 e. The first-order valence-corrected chi connectivity index (χ1v) is 22.8. The molecule has 0 amide bonds. The summed E-state index contributed by atoms with van der Waals surface area (Å²) in [5.74, 6) is 0. The van der Waals surface area contributed by atoms with E-state index >= 15 is 0 Å². The highest BCUT2D eigenvalue weighted by molar-refractivity contribution is 6.28. The molecule has 0 unspecified atom stereocenters. The summed E-state index contributed by atoms with van der Waals surface area (Å²) in [6.07, 6.45) is 0. The molecule has 1 aromatic heterocycles. The van der Waals surface area contributed by atoms with Crippen molar-refractivity contribution in [1.82, 2.24) is 0 Å². The fourth-order valence-corrected chi connectivity index (χ4v) is 13.2. The third-order valence-electron chi connectivity index (χ3n) is 15.1.